The van der Waals surface area contributed by atoms with Crippen molar-refractivity contribution < 1.29 is 0 Å². The molecule has 0 amide bonds. The van der Waals surface area contributed by atoms with Gasteiger partial charge in [-0.15, -0.1) is 0 Å². The Labute approximate surface area is 62.6 Å². The summed E-state index contributed by atoms with van der Waals surface area (Å²) in [5.41, 5.74) is 0. The summed E-state index contributed by atoms with van der Waals surface area (Å²) in [6.45, 7) is 2.17. The molecular weight excluding hydrogens is 128 g/mol. The van der Waals surface area contributed by atoms with E-state index in [2.05, 4.69) is 6.92 Å². The molecule has 0 aromatic carbocycles. The fourth-order valence-corrected chi connectivity index (χ4v) is 1.77. The topological polar surface area (TPSA) is 0 Å². The SMILES string of the molecule is CCC(=S)C1CCCC1. The third kappa shape index (κ3) is 1.75. The zero-order valence-corrected chi connectivity index (χ0v) is 6.84. The fraction of sp³-hybridized carbons (Fsp3) is 0.875. The molecule has 0 aromatic heterocycles. The average molecular weight is 142 g/mol. The summed E-state index contributed by atoms with van der Waals surface area (Å²) >= 11 is 5.22. The molecule has 52 valence electrons. The quantitative estimate of drug-likeness (QED) is 0.534. The Kier molecular flexibility index (Phi) is 2.65. The Bertz CT molecular complexity index is 101. The van der Waals surface area contributed by atoms with E-state index in [4.69, 9.17) is 12.2 Å². The molecule has 1 heteroatoms. The molecule has 0 bridgehead atoms. The minimum atomic E-state index is 0.810. The van der Waals surface area contributed by atoms with Crippen LogP contribution in [0.3, 0.4) is 0 Å². The van der Waals surface area contributed by atoms with Gasteiger partial charge < -0.3 is 0 Å². The maximum Gasteiger partial charge on any atom is -0.00433 e. The molecule has 0 heterocycles. The van der Waals surface area contributed by atoms with Gasteiger partial charge in [-0.3, -0.25) is 0 Å². The summed E-state index contributed by atoms with van der Waals surface area (Å²) in [6, 6.07) is 0. The van der Waals surface area contributed by atoms with Gasteiger partial charge in [0, 0.05) is 0 Å². The van der Waals surface area contributed by atoms with E-state index in [0.29, 0.717) is 0 Å². The first-order valence-electron chi connectivity index (χ1n) is 3.87. The van der Waals surface area contributed by atoms with Crippen molar-refractivity contribution in [2.75, 3.05) is 0 Å². The first kappa shape index (κ1) is 7.20. The van der Waals surface area contributed by atoms with Gasteiger partial charge in [0.15, 0.2) is 0 Å². The molecule has 0 aliphatic heterocycles. The lowest BCUT2D eigenvalue weighted by Gasteiger charge is -2.06. The highest BCUT2D eigenvalue weighted by Crippen LogP contribution is 2.26. The van der Waals surface area contributed by atoms with Gasteiger partial charge in [0.25, 0.3) is 0 Å². The highest BCUT2D eigenvalue weighted by atomic mass is 32.1. The Hall–Kier alpha value is 0.0900. The third-order valence-corrected chi connectivity index (χ3v) is 2.78. The molecule has 0 spiro atoms. The summed E-state index contributed by atoms with van der Waals surface area (Å²) in [5.74, 6) is 0.810. The van der Waals surface area contributed by atoms with E-state index in [1.165, 1.54) is 30.5 Å². The average Bonchev–Trinajstić information content (AvgIpc) is 2.37. The van der Waals surface area contributed by atoms with Crippen LogP contribution in [0.2, 0.25) is 0 Å². The van der Waals surface area contributed by atoms with Gasteiger partial charge in [-0.05, 0) is 30.0 Å². The first-order valence-corrected chi connectivity index (χ1v) is 4.28. The van der Waals surface area contributed by atoms with Crippen molar-refractivity contribution in [1.82, 2.24) is 0 Å². The smallest absolute Gasteiger partial charge is 0.00433 e. The minimum absolute atomic E-state index is 0.810. The molecule has 0 radical (unpaired) electrons. The lowest BCUT2D eigenvalue weighted by molar-refractivity contribution is 0.727. The van der Waals surface area contributed by atoms with E-state index in [9.17, 15) is 0 Å². The highest BCUT2D eigenvalue weighted by Gasteiger charge is 2.17. The molecular formula is C8H14S. The van der Waals surface area contributed by atoms with Crippen LogP contribution in [0.25, 0.3) is 0 Å². The molecule has 0 unspecified atom stereocenters. The minimum Gasteiger partial charge on any atom is -0.0894 e. The van der Waals surface area contributed by atoms with Gasteiger partial charge in [-0.25, -0.2) is 0 Å². The standard InChI is InChI=1S/C8H14S/c1-2-8(9)7-5-3-4-6-7/h7H,2-6H2,1H3. The van der Waals surface area contributed by atoms with Crippen molar-refractivity contribution in [3.63, 3.8) is 0 Å². The number of rotatable bonds is 2. The molecule has 1 saturated carbocycles. The largest absolute Gasteiger partial charge is 0.0894 e. The van der Waals surface area contributed by atoms with Crippen LogP contribution in [-0.4, -0.2) is 4.86 Å². The molecule has 0 atom stereocenters. The first-order chi connectivity index (χ1) is 4.34. The van der Waals surface area contributed by atoms with Crippen molar-refractivity contribution in [1.29, 1.82) is 0 Å². The summed E-state index contributed by atoms with van der Waals surface area (Å²) < 4.78 is 0. The maximum atomic E-state index is 5.22. The predicted octanol–water partition coefficient (Wildman–Crippen LogP) is 2.96. The van der Waals surface area contributed by atoms with Crippen LogP contribution in [0.15, 0.2) is 0 Å². The normalized spacial score (nSPS) is 20.6. The lowest BCUT2D eigenvalue weighted by Crippen LogP contribution is -2.05. The zero-order chi connectivity index (χ0) is 6.69. The van der Waals surface area contributed by atoms with Crippen LogP contribution >= 0.6 is 12.2 Å². The zero-order valence-electron chi connectivity index (χ0n) is 6.02. The van der Waals surface area contributed by atoms with Crippen LogP contribution in [0.4, 0.5) is 0 Å². The van der Waals surface area contributed by atoms with Gasteiger partial charge >= 0.3 is 0 Å². The number of thiocarbonyl (C=S) groups is 1. The molecule has 0 aromatic rings. The molecule has 1 rings (SSSR count). The molecule has 1 fully saturated rings. The van der Waals surface area contributed by atoms with Crippen molar-refractivity contribution in [2.24, 2.45) is 5.92 Å². The molecule has 9 heavy (non-hydrogen) atoms. The molecule has 1 aliphatic rings. The van der Waals surface area contributed by atoms with E-state index in [1.807, 2.05) is 0 Å². The highest BCUT2D eigenvalue weighted by molar-refractivity contribution is 7.80. The van der Waals surface area contributed by atoms with E-state index in [0.717, 1.165) is 12.3 Å². The Balaban J connectivity index is 2.32. The second-order valence-electron chi connectivity index (χ2n) is 2.80. The van der Waals surface area contributed by atoms with E-state index in [1.54, 1.807) is 0 Å². The van der Waals surface area contributed by atoms with Crippen molar-refractivity contribution in [2.45, 2.75) is 39.0 Å². The molecule has 0 saturated heterocycles. The van der Waals surface area contributed by atoms with Crippen LogP contribution in [0, 0.1) is 5.92 Å². The van der Waals surface area contributed by atoms with E-state index >= 15 is 0 Å². The van der Waals surface area contributed by atoms with Gasteiger partial charge in [-0.2, -0.15) is 0 Å². The summed E-state index contributed by atoms with van der Waals surface area (Å²) in [5, 5.41) is 0. The van der Waals surface area contributed by atoms with Gasteiger partial charge in [0.05, 0.1) is 0 Å². The monoisotopic (exact) mass is 142 g/mol. The summed E-state index contributed by atoms with van der Waals surface area (Å²) in [6.07, 6.45) is 6.66. The third-order valence-electron chi connectivity index (χ3n) is 2.16. The number of hydrogen-bond acceptors (Lipinski definition) is 1. The number of hydrogen-bond donors (Lipinski definition) is 0. The maximum absolute atomic E-state index is 5.22. The van der Waals surface area contributed by atoms with Crippen LogP contribution in [-0.2, 0) is 0 Å². The van der Waals surface area contributed by atoms with Crippen LogP contribution < -0.4 is 0 Å². The van der Waals surface area contributed by atoms with E-state index in [-0.39, 0.29) is 0 Å². The second kappa shape index (κ2) is 3.31. The van der Waals surface area contributed by atoms with Crippen molar-refractivity contribution in [3.05, 3.63) is 0 Å². The van der Waals surface area contributed by atoms with E-state index < -0.39 is 0 Å². The summed E-state index contributed by atoms with van der Waals surface area (Å²) in [7, 11) is 0. The van der Waals surface area contributed by atoms with Crippen molar-refractivity contribution >= 4 is 17.1 Å². The Morgan fingerprint density at radius 3 is 2.44 bits per heavy atom. The van der Waals surface area contributed by atoms with Crippen LogP contribution in [0.5, 0.6) is 0 Å². The second-order valence-corrected chi connectivity index (χ2v) is 3.33. The van der Waals surface area contributed by atoms with Crippen LogP contribution in [0.1, 0.15) is 39.0 Å². The Morgan fingerprint density at radius 2 is 2.00 bits per heavy atom. The van der Waals surface area contributed by atoms with Gasteiger partial charge in [-0.1, -0.05) is 32.0 Å². The Morgan fingerprint density at radius 1 is 1.44 bits per heavy atom. The predicted molar refractivity (Wildman–Crippen MR) is 44.8 cm³/mol. The molecule has 1 aliphatic carbocycles. The fourth-order valence-electron chi connectivity index (χ4n) is 1.54. The lowest BCUT2D eigenvalue weighted by atomic mass is 10.0. The van der Waals surface area contributed by atoms with Gasteiger partial charge in [0.1, 0.15) is 0 Å². The molecule has 0 N–H and O–H groups in total. The van der Waals surface area contributed by atoms with Crippen molar-refractivity contribution in [3.8, 4) is 0 Å². The summed E-state index contributed by atoms with van der Waals surface area (Å²) in [4.78, 5) is 1.31. The molecule has 0 nitrogen and oxygen atoms in total. The van der Waals surface area contributed by atoms with Gasteiger partial charge in [0.2, 0.25) is 0 Å².